The molecule has 1 N–H and O–H groups in total. The highest BCUT2D eigenvalue weighted by Gasteiger charge is 2.10. The van der Waals surface area contributed by atoms with E-state index >= 15 is 0 Å². The Morgan fingerprint density at radius 1 is 0.909 bits per heavy atom. The summed E-state index contributed by atoms with van der Waals surface area (Å²) >= 11 is 0. The Hall–Kier alpha value is -2.42. The van der Waals surface area contributed by atoms with Crippen LogP contribution in [0.25, 0.3) is 11.1 Å². The number of hydrogen-bond acceptors (Lipinski definition) is 2. The van der Waals surface area contributed by atoms with Crippen LogP contribution < -0.4 is 0 Å². The van der Waals surface area contributed by atoms with Crippen LogP contribution in [0, 0.1) is 0 Å². The minimum Gasteiger partial charge on any atom is -0.481 e. The minimum atomic E-state index is -1.10. The first-order valence-corrected chi connectivity index (χ1v) is 7.54. The molecule has 0 amide bonds. The molecule has 0 spiro atoms. The van der Waals surface area contributed by atoms with Crippen LogP contribution in [0.3, 0.4) is 0 Å². The molecule has 2 aromatic carbocycles. The molecule has 2 rings (SSSR count). The molecule has 0 radical (unpaired) electrons. The van der Waals surface area contributed by atoms with Crippen LogP contribution in [0.5, 0.6) is 0 Å². The molecule has 0 atom stereocenters. The molecule has 0 bridgehead atoms. The third kappa shape index (κ3) is 4.29. The van der Waals surface area contributed by atoms with Crippen molar-refractivity contribution in [1.82, 2.24) is 0 Å². The van der Waals surface area contributed by atoms with Gasteiger partial charge < -0.3 is 5.11 Å². The Bertz CT molecular complexity index is 639. The number of carbonyl (C=O) groups is 2. The number of carboxylic acid groups (broad SMARTS) is 1. The predicted octanol–water partition coefficient (Wildman–Crippen LogP) is 4.35. The first kappa shape index (κ1) is 16.0. The van der Waals surface area contributed by atoms with Crippen molar-refractivity contribution in [3.8, 4) is 11.1 Å². The van der Waals surface area contributed by atoms with Crippen molar-refractivity contribution in [2.24, 2.45) is 0 Å². The molecule has 114 valence electrons. The SMILES string of the molecule is CCCCc1ccc(-c2ccc(C(=O)CC(=O)O)cc2)cc1. The van der Waals surface area contributed by atoms with Gasteiger partial charge in [-0.25, -0.2) is 0 Å². The van der Waals surface area contributed by atoms with Crippen molar-refractivity contribution in [1.29, 1.82) is 0 Å². The van der Waals surface area contributed by atoms with Gasteiger partial charge in [0.2, 0.25) is 0 Å². The molecule has 0 aliphatic heterocycles. The topological polar surface area (TPSA) is 54.4 Å². The van der Waals surface area contributed by atoms with Crippen molar-refractivity contribution >= 4 is 11.8 Å². The maximum absolute atomic E-state index is 11.7. The molecule has 22 heavy (non-hydrogen) atoms. The van der Waals surface area contributed by atoms with Crippen LogP contribution in [0.15, 0.2) is 48.5 Å². The lowest BCUT2D eigenvalue weighted by atomic mass is 9.99. The Morgan fingerprint density at radius 3 is 1.95 bits per heavy atom. The fourth-order valence-electron chi connectivity index (χ4n) is 2.33. The fourth-order valence-corrected chi connectivity index (χ4v) is 2.33. The molecule has 3 nitrogen and oxygen atoms in total. The summed E-state index contributed by atoms with van der Waals surface area (Å²) < 4.78 is 0. The second-order valence-corrected chi connectivity index (χ2v) is 5.37. The number of carbonyl (C=O) groups excluding carboxylic acids is 1. The van der Waals surface area contributed by atoms with E-state index in [1.54, 1.807) is 12.1 Å². The Kier molecular flexibility index (Phi) is 5.48. The third-order valence-electron chi connectivity index (χ3n) is 3.62. The normalized spacial score (nSPS) is 10.4. The molecule has 0 aliphatic rings. The largest absolute Gasteiger partial charge is 0.481 e. The second-order valence-electron chi connectivity index (χ2n) is 5.37. The standard InChI is InChI=1S/C19H20O3/c1-2-3-4-14-5-7-15(8-6-14)16-9-11-17(12-10-16)18(20)13-19(21)22/h5-12H,2-4,13H2,1H3,(H,21,22). The van der Waals surface area contributed by atoms with Crippen molar-refractivity contribution < 1.29 is 14.7 Å². The number of hydrogen-bond donors (Lipinski definition) is 1. The summed E-state index contributed by atoms with van der Waals surface area (Å²) in [5, 5.41) is 8.64. The van der Waals surface area contributed by atoms with E-state index in [2.05, 4.69) is 31.2 Å². The minimum absolute atomic E-state index is 0.367. The van der Waals surface area contributed by atoms with Crippen LogP contribution >= 0.6 is 0 Å². The number of ketones is 1. The predicted molar refractivity (Wildman–Crippen MR) is 87.1 cm³/mol. The summed E-state index contributed by atoms with van der Waals surface area (Å²) in [7, 11) is 0. The number of aryl methyl sites for hydroxylation is 1. The zero-order valence-corrected chi connectivity index (χ0v) is 12.7. The summed E-state index contributed by atoms with van der Waals surface area (Å²) in [5.41, 5.74) is 3.89. The highest BCUT2D eigenvalue weighted by Crippen LogP contribution is 2.21. The number of Topliss-reactive ketones (excluding diaryl/α,β-unsaturated/α-hetero) is 1. The highest BCUT2D eigenvalue weighted by atomic mass is 16.4. The average molecular weight is 296 g/mol. The third-order valence-corrected chi connectivity index (χ3v) is 3.62. The Morgan fingerprint density at radius 2 is 1.45 bits per heavy atom. The van der Waals surface area contributed by atoms with Gasteiger partial charge in [-0.1, -0.05) is 61.9 Å². The molecule has 0 saturated heterocycles. The van der Waals surface area contributed by atoms with Gasteiger partial charge in [-0.2, -0.15) is 0 Å². The maximum atomic E-state index is 11.7. The van der Waals surface area contributed by atoms with E-state index in [-0.39, 0.29) is 5.78 Å². The lowest BCUT2D eigenvalue weighted by Gasteiger charge is -2.05. The number of aliphatic carboxylic acids is 1. The van der Waals surface area contributed by atoms with Crippen LogP contribution in [-0.2, 0) is 11.2 Å². The van der Waals surface area contributed by atoms with Gasteiger partial charge in [0.05, 0.1) is 0 Å². The molecule has 0 unspecified atom stereocenters. The van der Waals surface area contributed by atoms with Crippen LogP contribution in [0.4, 0.5) is 0 Å². The van der Waals surface area contributed by atoms with Gasteiger partial charge in [-0.3, -0.25) is 9.59 Å². The number of rotatable bonds is 7. The second kappa shape index (κ2) is 7.55. The summed E-state index contributed by atoms with van der Waals surface area (Å²) in [5.74, 6) is -1.47. The zero-order valence-electron chi connectivity index (χ0n) is 12.7. The molecular weight excluding hydrogens is 276 g/mol. The van der Waals surface area contributed by atoms with E-state index < -0.39 is 12.4 Å². The average Bonchev–Trinajstić information content (AvgIpc) is 2.53. The smallest absolute Gasteiger partial charge is 0.311 e. The summed E-state index contributed by atoms with van der Waals surface area (Å²) in [4.78, 5) is 22.2. The fraction of sp³-hybridized carbons (Fsp3) is 0.263. The highest BCUT2D eigenvalue weighted by molar-refractivity contribution is 6.05. The molecule has 0 saturated carbocycles. The van der Waals surface area contributed by atoms with Gasteiger partial charge in [0.15, 0.2) is 5.78 Å². The van der Waals surface area contributed by atoms with E-state index in [0.717, 1.165) is 17.5 Å². The molecule has 0 heterocycles. The lowest BCUT2D eigenvalue weighted by molar-refractivity contribution is -0.135. The van der Waals surface area contributed by atoms with E-state index in [0.29, 0.717) is 5.56 Å². The van der Waals surface area contributed by atoms with E-state index in [4.69, 9.17) is 5.11 Å². The molecule has 2 aromatic rings. The molecule has 0 aliphatic carbocycles. The van der Waals surface area contributed by atoms with Gasteiger partial charge in [0, 0.05) is 5.56 Å². The number of unbranched alkanes of at least 4 members (excludes halogenated alkanes) is 1. The van der Waals surface area contributed by atoms with Crippen LogP contribution in [0.1, 0.15) is 42.1 Å². The summed E-state index contributed by atoms with van der Waals surface area (Å²) in [6.07, 6.45) is 3.01. The van der Waals surface area contributed by atoms with Crippen molar-refractivity contribution in [3.63, 3.8) is 0 Å². The van der Waals surface area contributed by atoms with Crippen LogP contribution in [0.2, 0.25) is 0 Å². The Labute approximate surface area is 130 Å². The first-order valence-electron chi connectivity index (χ1n) is 7.54. The molecule has 0 fully saturated rings. The first-order chi connectivity index (χ1) is 10.6. The lowest BCUT2D eigenvalue weighted by Crippen LogP contribution is -2.06. The van der Waals surface area contributed by atoms with Crippen molar-refractivity contribution in [2.75, 3.05) is 0 Å². The van der Waals surface area contributed by atoms with Gasteiger partial charge >= 0.3 is 5.97 Å². The molecule has 3 heteroatoms. The summed E-state index contributed by atoms with van der Waals surface area (Å²) in [6.45, 7) is 2.18. The van der Waals surface area contributed by atoms with Gasteiger partial charge in [0.25, 0.3) is 0 Å². The van der Waals surface area contributed by atoms with Gasteiger partial charge in [0.1, 0.15) is 6.42 Å². The molecule has 0 aromatic heterocycles. The van der Waals surface area contributed by atoms with Crippen molar-refractivity contribution in [3.05, 3.63) is 59.7 Å². The molecular formula is C19H20O3. The van der Waals surface area contributed by atoms with Crippen molar-refractivity contribution in [2.45, 2.75) is 32.6 Å². The maximum Gasteiger partial charge on any atom is 0.311 e. The number of benzene rings is 2. The van der Waals surface area contributed by atoms with Crippen LogP contribution in [-0.4, -0.2) is 16.9 Å². The van der Waals surface area contributed by atoms with E-state index in [1.165, 1.54) is 18.4 Å². The van der Waals surface area contributed by atoms with E-state index in [9.17, 15) is 9.59 Å². The van der Waals surface area contributed by atoms with Gasteiger partial charge in [-0.05, 0) is 29.5 Å². The zero-order chi connectivity index (χ0) is 15.9. The quantitative estimate of drug-likeness (QED) is 0.610. The Balaban J connectivity index is 2.09. The summed E-state index contributed by atoms with van der Waals surface area (Å²) in [6, 6.07) is 15.5. The van der Waals surface area contributed by atoms with E-state index in [1.807, 2.05) is 12.1 Å². The van der Waals surface area contributed by atoms with Gasteiger partial charge in [-0.15, -0.1) is 0 Å². The number of carboxylic acids is 1. The monoisotopic (exact) mass is 296 g/mol.